The fourth-order valence-corrected chi connectivity index (χ4v) is 3.40. The van der Waals surface area contributed by atoms with E-state index >= 15 is 0 Å². The summed E-state index contributed by atoms with van der Waals surface area (Å²) in [6.07, 6.45) is 2.97. The number of benzene rings is 2. The van der Waals surface area contributed by atoms with Crippen LogP contribution in [-0.2, 0) is 16.6 Å². The molecule has 0 saturated heterocycles. The van der Waals surface area contributed by atoms with Gasteiger partial charge in [0.1, 0.15) is 17.9 Å². The van der Waals surface area contributed by atoms with Crippen LogP contribution in [0.4, 0.5) is 16.0 Å². The predicted octanol–water partition coefficient (Wildman–Crippen LogP) is 3.96. The van der Waals surface area contributed by atoms with E-state index in [9.17, 15) is 8.60 Å². The lowest BCUT2D eigenvalue weighted by Gasteiger charge is -2.10. The van der Waals surface area contributed by atoms with Crippen molar-refractivity contribution in [1.82, 2.24) is 15.0 Å². The van der Waals surface area contributed by atoms with Gasteiger partial charge in [-0.05, 0) is 35.9 Å². The molecule has 0 saturated carbocycles. The minimum absolute atomic E-state index is 0.289. The molecule has 1 N–H and O–H groups in total. The topological polar surface area (TPSA) is 77.0 Å². The standard InChI is InChI=1S/C18H16ClFN4O2S/c1-26-16-8-13(20)3-4-15(16)17-21-10-22-18(24-17)23-14-6-11(9-27(2)25)5-12(19)7-14/h3-8,10H,9H2,1-2H3,(H,21,22,23,24)/t27-/m0/s1. The van der Waals surface area contributed by atoms with Gasteiger partial charge in [-0.3, -0.25) is 4.21 Å². The normalized spacial score (nSPS) is 11.9. The zero-order chi connectivity index (χ0) is 19.4. The third kappa shape index (κ3) is 4.99. The molecule has 1 heterocycles. The maximum atomic E-state index is 13.4. The fraction of sp³-hybridized carbons (Fsp3) is 0.167. The number of rotatable bonds is 6. The van der Waals surface area contributed by atoms with Gasteiger partial charge in [0.05, 0.1) is 12.7 Å². The maximum absolute atomic E-state index is 13.4. The number of anilines is 2. The van der Waals surface area contributed by atoms with Crippen LogP contribution in [0.3, 0.4) is 0 Å². The fourth-order valence-electron chi connectivity index (χ4n) is 2.51. The van der Waals surface area contributed by atoms with Gasteiger partial charge in [-0.1, -0.05) is 11.6 Å². The summed E-state index contributed by atoms with van der Waals surface area (Å²) in [5, 5.41) is 3.57. The molecule has 0 aliphatic rings. The predicted molar refractivity (Wildman–Crippen MR) is 104 cm³/mol. The van der Waals surface area contributed by atoms with Gasteiger partial charge in [0, 0.05) is 39.6 Å². The first-order chi connectivity index (χ1) is 12.9. The minimum atomic E-state index is -0.986. The Morgan fingerprint density at radius 2 is 2.04 bits per heavy atom. The summed E-state index contributed by atoms with van der Waals surface area (Å²) in [6.45, 7) is 0. The first kappa shape index (κ1) is 19.2. The Kier molecular flexibility index (Phi) is 5.98. The molecule has 0 spiro atoms. The number of nitrogens with one attached hydrogen (secondary N) is 1. The van der Waals surface area contributed by atoms with Gasteiger partial charge in [-0.2, -0.15) is 4.98 Å². The number of methoxy groups -OCH3 is 1. The van der Waals surface area contributed by atoms with E-state index in [1.54, 1.807) is 24.5 Å². The van der Waals surface area contributed by atoms with Crippen LogP contribution in [0.1, 0.15) is 5.56 Å². The molecule has 0 unspecified atom stereocenters. The molecule has 0 aliphatic carbocycles. The molecule has 3 rings (SSSR count). The first-order valence-corrected chi connectivity index (χ1v) is 9.94. The Morgan fingerprint density at radius 3 is 2.78 bits per heavy atom. The minimum Gasteiger partial charge on any atom is -0.496 e. The Morgan fingerprint density at radius 1 is 1.22 bits per heavy atom. The smallest absolute Gasteiger partial charge is 0.230 e. The van der Waals surface area contributed by atoms with Crippen molar-refractivity contribution in [3.63, 3.8) is 0 Å². The lowest BCUT2D eigenvalue weighted by Crippen LogP contribution is -2.02. The van der Waals surface area contributed by atoms with Crippen molar-refractivity contribution in [2.75, 3.05) is 18.7 Å². The summed E-state index contributed by atoms with van der Waals surface area (Å²) in [4.78, 5) is 12.6. The summed E-state index contributed by atoms with van der Waals surface area (Å²) in [7, 11) is 0.462. The van der Waals surface area contributed by atoms with E-state index in [0.717, 1.165) is 5.56 Å². The van der Waals surface area contributed by atoms with E-state index < -0.39 is 16.6 Å². The van der Waals surface area contributed by atoms with Crippen molar-refractivity contribution in [2.24, 2.45) is 0 Å². The number of hydrogen-bond acceptors (Lipinski definition) is 6. The molecule has 6 nitrogen and oxygen atoms in total. The lowest BCUT2D eigenvalue weighted by atomic mass is 10.2. The molecule has 1 atom stereocenters. The molecule has 3 aromatic rings. The average molecular weight is 407 g/mol. The van der Waals surface area contributed by atoms with E-state index in [4.69, 9.17) is 16.3 Å². The van der Waals surface area contributed by atoms with E-state index in [1.807, 2.05) is 6.07 Å². The van der Waals surface area contributed by atoms with Gasteiger partial charge in [0.15, 0.2) is 5.82 Å². The molecule has 0 amide bonds. The van der Waals surface area contributed by atoms with Gasteiger partial charge >= 0.3 is 0 Å². The highest BCUT2D eigenvalue weighted by molar-refractivity contribution is 7.83. The van der Waals surface area contributed by atoms with E-state index in [1.165, 1.54) is 25.6 Å². The largest absolute Gasteiger partial charge is 0.496 e. The molecule has 0 radical (unpaired) electrons. The summed E-state index contributed by atoms with van der Waals surface area (Å²) in [5.41, 5.74) is 2.03. The Labute approximate surface area is 163 Å². The van der Waals surface area contributed by atoms with Crippen molar-refractivity contribution in [2.45, 2.75) is 5.75 Å². The summed E-state index contributed by atoms with van der Waals surface area (Å²) in [5.74, 6) is 0.925. The van der Waals surface area contributed by atoms with Gasteiger partial charge in [-0.15, -0.1) is 0 Å². The maximum Gasteiger partial charge on any atom is 0.230 e. The van der Waals surface area contributed by atoms with Crippen molar-refractivity contribution >= 4 is 34.0 Å². The number of ether oxygens (including phenoxy) is 1. The molecule has 0 fully saturated rings. The van der Waals surface area contributed by atoms with Gasteiger partial charge in [-0.25, -0.2) is 14.4 Å². The van der Waals surface area contributed by atoms with Gasteiger partial charge < -0.3 is 10.1 Å². The van der Waals surface area contributed by atoms with Crippen LogP contribution in [0.2, 0.25) is 5.02 Å². The quantitative estimate of drug-likeness (QED) is 0.667. The number of halogens is 2. The molecule has 140 valence electrons. The Bertz CT molecular complexity index is 1000. The Balaban J connectivity index is 1.91. The van der Waals surface area contributed by atoms with E-state index in [2.05, 4.69) is 20.3 Å². The number of aromatic nitrogens is 3. The monoisotopic (exact) mass is 406 g/mol. The van der Waals surface area contributed by atoms with Crippen molar-refractivity contribution in [3.05, 3.63) is 59.1 Å². The second kappa shape index (κ2) is 8.41. The summed E-state index contributed by atoms with van der Waals surface area (Å²) >= 11 is 6.14. The third-order valence-corrected chi connectivity index (χ3v) is 4.52. The molecular weight excluding hydrogens is 391 g/mol. The van der Waals surface area contributed by atoms with Crippen LogP contribution in [-0.4, -0.2) is 32.5 Å². The van der Waals surface area contributed by atoms with E-state index in [-0.39, 0.29) is 5.95 Å². The van der Waals surface area contributed by atoms with Crippen LogP contribution in [0.15, 0.2) is 42.7 Å². The van der Waals surface area contributed by atoms with Crippen LogP contribution in [0, 0.1) is 5.82 Å². The van der Waals surface area contributed by atoms with Crippen LogP contribution in [0.5, 0.6) is 5.75 Å². The first-order valence-electron chi connectivity index (χ1n) is 7.84. The third-order valence-electron chi connectivity index (χ3n) is 3.56. The second-order valence-corrected chi connectivity index (χ2v) is 7.54. The molecule has 0 aliphatic heterocycles. The molecular formula is C18H16ClFN4O2S. The zero-order valence-electron chi connectivity index (χ0n) is 14.6. The highest BCUT2D eigenvalue weighted by Crippen LogP contribution is 2.29. The molecule has 27 heavy (non-hydrogen) atoms. The summed E-state index contributed by atoms with van der Waals surface area (Å²) in [6, 6.07) is 9.42. The van der Waals surface area contributed by atoms with Gasteiger partial charge in [0.2, 0.25) is 5.95 Å². The van der Waals surface area contributed by atoms with Crippen LogP contribution in [0.25, 0.3) is 11.4 Å². The highest BCUT2D eigenvalue weighted by atomic mass is 35.5. The Hall–Kier alpha value is -2.58. The van der Waals surface area contributed by atoms with Crippen molar-refractivity contribution in [1.29, 1.82) is 0 Å². The molecule has 1 aromatic heterocycles. The van der Waals surface area contributed by atoms with Crippen molar-refractivity contribution < 1.29 is 13.3 Å². The molecule has 2 aromatic carbocycles. The average Bonchev–Trinajstić information content (AvgIpc) is 2.60. The molecule has 0 bridgehead atoms. The number of nitrogens with zero attached hydrogens (tertiary/aromatic N) is 3. The van der Waals surface area contributed by atoms with E-state index in [0.29, 0.717) is 33.6 Å². The number of hydrogen-bond donors (Lipinski definition) is 1. The van der Waals surface area contributed by atoms with Crippen molar-refractivity contribution in [3.8, 4) is 17.1 Å². The van der Waals surface area contributed by atoms with Gasteiger partial charge in [0.25, 0.3) is 0 Å². The highest BCUT2D eigenvalue weighted by Gasteiger charge is 2.12. The van der Waals surface area contributed by atoms with Crippen LogP contribution < -0.4 is 10.1 Å². The zero-order valence-corrected chi connectivity index (χ0v) is 16.1. The SMILES string of the molecule is COc1cc(F)ccc1-c1ncnc(Nc2cc(Cl)cc(C[S@](C)=O)c2)n1. The lowest BCUT2D eigenvalue weighted by molar-refractivity contribution is 0.412. The molecule has 9 heteroatoms. The van der Waals surface area contributed by atoms with Crippen LogP contribution >= 0.6 is 11.6 Å². The second-order valence-electron chi connectivity index (χ2n) is 5.67. The summed E-state index contributed by atoms with van der Waals surface area (Å²) < 4.78 is 30.1.